The Labute approximate surface area is 119 Å². The second-order valence-electron chi connectivity index (χ2n) is 5.02. The Balaban J connectivity index is 0.000000459. The van der Waals surface area contributed by atoms with Crippen LogP contribution >= 0.6 is 0 Å². The van der Waals surface area contributed by atoms with Crippen molar-refractivity contribution in [2.24, 2.45) is 0 Å². The van der Waals surface area contributed by atoms with E-state index in [1.807, 2.05) is 6.08 Å². The summed E-state index contributed by atoms with van der Waals surface area (Å²) in [7, 11) is 0. The van der Waals surface area contributed by atoms with E-state index in [0.717, 1.165) is 6.42 Å². The van der Waals surface area contributed by atoms with Crippen molar-refractivity contribution in [1.82, 2.24) is 0 Å². The number of allylic oxidation sites excluding steroid dienone is 5. The second kappa shape index (κ2) is 9.38. The Morgan fingerprint density at radius 2 is 1.79 bits per heavy atom. The van der Waals surface area contributed by atoms with Gasteiger partial charge in [0.1, 0.15) is 0 Å². The number of hydrogen-bond donors (Lipinski definition) is 0. The molecule has 0 atom stereocenters. The molecule has 0 bridgehead atoms. The van der Waals surface area contributed by atoms with Gasteiger partial charge >= 0.3 is 0 Å². The molecule has 1 aromatic rings. The summed E-state index contributed by atoms with van der Waals surface area (Å²) in [6.07, 6.45) is 6.89. The highest BCUT2D eigenvalue weighted by molar-refractivity contribution is 5.69. The zero-order chi connectivity index (χ0) is 14.8. The summed E-state index contributed by atoms with van der Waals surface area (Å²) in [6.45, 7) is 16.4. The number of rotatable bonds is 3. The van der Waals surface area contributed by atoms with Crippen LogP contribution in [-0.4, -0.2) is 0 Å². The van der Waals surface area contributed by atoms with E-state index in [1.54, 1.807) is 6.08 Å². The zero-order valence-corrected chi connectivity index (χ0v) is 13.4. The van der Waals surface area contributed by atoms with Crippen LogP contribution < -0.4 is 0 Å². The van der Waals surface area contributed by atoms with Gasteiger partial charge in [-0.15, -0.1) is 0 Å². The van der Waals surface area contributed by atoms with Crippen LogP contribution in [0.25, 0.3) is 5.57 Å². The highest BCUT2D eigenvalue weighted by Gasteiger charge is 2.01. The smallest absolute Gasteiger partial charge is 0.0196 e. The summed E-state index contributed by atoms with van der Waals surface area (Å²) in [5, 5.41) is 0. The molecule has 1 aromatic carbocycles. The van der Waals surface area contributed by atoms with Crippen LogP contribution in [0.5, 0.6) is 0 Å². The fourth-order valence-corrected chi connectivity index (χ4v) is 1.64. The third-order valence-electron chi connectivity index (χ3n) is 3.05. The Morgan fingerprint density at radius 3 is 2.21 bits per heavy atom. The zero-order valence-electron chi connectivity index (χ0n) is 13.4. The van der Waals surface area contributed by atoms with Crippen LogP contribution in [0.2, 0.25) is 0 Å². The van der Waals surface area contributed by atoms with Gasteiger partial charge in [-0.2, -0.15) is 0 Å². The fourth-order valence-electron chi connectivity index (χ4n) is 1.64. The third-order valence-corrected chi connectivity index (χ3v) is 3.05. The van der Waals surface area contributed by atoms with Crippen molar-refractivity contribution in [1.29, 1.82) is 0 Å². The van der Waals surface area contributed by atoms with Crippen molar-refractivity contribution in [2.45, 2.75) is 48.0 Å². The Kier molecular flexibility index (Phi) is 8.61. The first-order chi connectivity index (χ1) is 8.93. The van der Waals surface area contributed by atoms with Crippen LogP contribution in [-0.2, 0) is 0 Å². The minimum atomic E-state index is 1.10. The van der Waals surface area contributed by atoms with Gasteiger partial charge in [0, 0.05) is 0 Å². The minimum absolute atomic E-state index is 1.10. The molecule has 0 saturated heterocycles. The first kappa shape index (κ1) is 17.4. The quantitative estimate of drug-likeness (QED) is 0.560. The molecule has 0 nitrogen and oxygen atoms in total. The van der Waals surface area contributed by atoms with Crippen LogP contribution in [0.3, 0.4) is 0 Å². The molecular weight excluding hydrogens is 228 g/mol. The van der Waals surface area contributed by atoms with Crippen molar-refractivity contribution < 1.29 is 0 Å². The number of benzene rings is 1. The van der Waals surface area contributed by atoms with Crippen molar-refractivity contribution >= 4 is 5.57 Å². The molecular formula is C19H28. The van der Waals surface area contributed by atoms with Crippen LogP contribution in [0.1, 0.15) is 50.8 Å². The lowest BCUT2D eigenvalue weighted by molar-refractivity contribution is 1.22. The van der Waals surface area contributed by atoms with Gasteiger partial charge in [-0.1, -0.05) is 61.1 Å². The van der Waals surface area contributed by atoms with Gasteiger partial charge in [-0.3, -0.25) is 0 Å². The SMILES string of the molecule is C=C/C=C\CC.CC(C)=C(C)c1cc(C)ccc1C. The molecule has 0 fully saturated rings. The average molecular weight is 256 g/mol. The lowest BCUT2D eigenvalue weighted by Gasteiger charge is -2.09. The summed E-state index contributed by atoms with van der Waals surface area (Å²) >= 11 is 0. The molecule has 0 amide bonds. The molecule has 0 saturated carbocycles. The maximum atomic E-state index is 3.51. The molecule has 0 aliphatic carbocycles. The van der Waals surface area contributed by atoms with Crippen LogP contribution in [0.4, 0.5) is 0 Å². The van der Waals surface area contributed by atoms with Gasteiger partial charge in [0.15, 0.2) is 0 Å². The maximum absolute atomic E-state index is 3.51. The van der Waals surface area contributed by atoms with Crippen LogP contribution in [0, 0.1) is 13.8 Å². The normalized spacial score (nSPS) is 9.79. The van der Waals surface area contributed by atoms with E-state index in [1.165, 1.54) is 27.8 Å². The lowest BCUT2D eigenvalue weighted by Crippen LogP contribution is -1.88. The average Bonchev–Trinajstić information content (AvgIpc) is 2.39. The number of aryl methyl sites for hydroxylation is 2. The van der Waals surface area contributed by atoms with Gasteiger partial charge in [0.2, 0.25) is 0 Å². The monoisotopic (exact) mass is 256 g/mol. The summed E-state index contributed by atoms with van der Waals surface area (Å²) in [4.78, 5) is 0. The van der Waals surface area contributed by atoms with Gasteiger partial charge in [-0.25, -0.2) is 0 Å². The first-order valence-corrected chi connectivity index (χ1v) is 6.93. The predicted octanol–water partition coefficient (Wildman–Crippen LogP) is 6.26. The summed E-state index contributed by atoms with van der Waals surface area (Å²) in [5.41, 5.74) is 6.89. The fraction of sp³-hybridized carbons (Fsp3) is 0.368. The van der Waals surface area contributed by atoms with E-state index < -0.39 is 0 Å². The molecule has 0 spiro atoms. The van der Waals surface area contributed by atoms with Crippen molar-refractivity contribution in [3.63, 3.8) is 0 Å². The second-order valence-corrected chi connectivity index (χ2v) is 5.02. The van der Waals surface area contributed by atoms with E-state index in [0.29, 0.717) is 0 Å². The van der Waals surface area contributed by atoms with E-state index in [2.05, 4.69) is 72.4 Å². The summed E-state index contributed by atoms with van der Waals surface area (Å²) in [6, 6.07) is 6.62. The van der Waals surface area contributed by atoms with Gasteiger partial charge in [0.25, 0.3) is 0 Å². The molecule has 0 unspecified atom stereocenters. The standard InChI is InChI=1S/C13H18.C6H10/c1-9(2)12(5)13-8-10(3)6-7-11(13)4;1-3-5-6-4-2/h6-8H,1-5H3;3,5-6H,1,4H2,2H3/b;6-5-. The molecule has 0 radical (unpaired) electrons. The first-order valence-electron chi connectivity index (χ1n) is 6.93. The molecule has 0 heteroatoms. The lowest BCUT2D eigenvalue weighted by atomic mass is 9.97. The summed E-state index contributed by atoms with van der Waals surface area (Å²) in [5.74, 6) is 0. The molecule has 1 rings (SSSR count). The molecule has 0 aromatic heterocycles. The Hall–Kier alpha value is -1.56. The van der Waals surface area contributed by atoms with E-state index in [4.69, 9.17) is 0 Å². The summed E-state index contributed by atoms with van der Waals surface area (Å²) < 4.78 is 0. The third kappa shape index (κ3) is 6.81. The Bertz CT molecular complexity index is 455. The Morgan fingerprint density at radius 1 is 1.16 bits per heavy atom. The highest BCUT2D eigenvalue weighted by atomic mass is 14.1. The van der Waals surface area contributed by atoms with E-state index in [-0.39, 0.29) is 0 Å². The molecule has 19 heavy (non-hydrogen) atoms. The van der Waals surface area contributed by atoms with E-state index in [9.17, 15) is 0 Å². The topological polar surface area (TPSA) is 0 Å². The molecule has 0 N–H and O–H groups in total. The van der Waals surface area contributed by atoms with Crippen molar-refractivity contribution in [3.05, 3.63) is 65.3 Å². The van der Waals surface area contributed by atoms with Crippen molar-refractivity contribution in [3.8, 4) is 0 Å². The van der Waals surface area contributed by atoms with Gasteiger partial charge in [0.05, 0.1) is 0 Å². The van der Waals surface area contributed by atoms with Crippen molar-refractivity contribution in [2.75, 3.05) is 0 Å². The largest absolute Gasteiger partial charge is 0.0991 e. The molecule has 0 heterocycles. The minimum Gasteiger partial charge on any atom is -0.0991 e. The maximum Gasteiger partial charge on any atom is -0.0196 e. The van der Waals surface area contributed by atoms with Gasteiger partial charge in [-0.05, 0) is 57.7 Å². The van der Waals surface area contributed by atoms with Crippen LogP contribution in [0.15, 0.2) is 48.6 Å². The molecule has 104 valence electrons. The number of hydrogen-bond acceptors (Lipinski definition) is 0. The molecule has 0 aliphatic rings. The molecule has 0 aliphatic heterocycles. The van der Waals surface area contributed by atoms with Gasteiger partial charge < -0.3 is 0 Å². The highest BCUT2D eigenvalue weighted by Crippen LogP contribution is 2.22. The van der Waals surface area contributed by atoms with E-state index >= 15 is 0 Å². The predicted molar refractivity (Wildman–Crippen MR) is 89.5 cm³/mol.